The molecule has 1 atom stereocenters. The van der Waals surface area contributed by atoms with E-state index >= 15 is 0 Å². The van der Waals surface area contributed by atoms with Gasteiger partial charge in [0.1, 0.15) is 5.82 Å². The van der Waals surface area contributed by atoms with Gasteiger partial charge in [0.25, 0.3) is 0 Å². The van der Waals surface area contributed by atoms with Crippen LogP contribution in [0.1, 0.15) is 24.1 Å². The molecule has 10 heteroatoms. The summed E-state index contributed by atoms with van der Waals surface area (Å²) >= 11 is 0. The van der Waals surface area contributed by atoms with Crippen molar-refractivity contribution in [3.05, 3.63) is 65.5 Å². The van der Waals surface area contributed by atoms with Crippen LogP contribution in [-0.4, -0.2) is 46.1 Å². The van der Waals surface area contributed by atoms with Gasteiger partial charge in [0.15, 0.2) is 9.84 Å². The molecule has 2 aromatic rings. The van der Waals surface area contributed by atoms with Crippen molar-refractivity contribution in [3.8, 4) is 0 Å². The molecule has 0 heterocycles. The number of benzene rings is 2. The Morgan fingerprint density at radius 3 is 2.14 bits per heavy atom. The molecule has 0 saturated carbocycles. The van der Waals surface area contributed by atoms with E-state index in [0.717, 1.165) is 16.8 Å². The Morgan fingerprint density at radius 1 is 1.03 bits per heavy atom. The van der Waals surface area contributed by atoms with Crippen molar-refractivity contribution in [1.82, 2.24) is 9.62 Å². The number of sulfonamides is 1. The van der Waals surface area contributed by atoms with Crippen LogP contribution >= 0.6 is 0 Å². The van der Waals surface area contributed by atoms with E-state index < -0.39 is 44.2 Å². The Hall–Kier alpha value is -2.30. The van der Waals surface area contributed by atoms with Crippen molar-refractivity contribution in [3.63, 3.8) is 0 Å². The van der Waals surface area contributed by atoms with Crippen molar-refractivity contribution >= 4 is 25.8 Å². The quantitative estimate of drug-likeness (QED) is 0.673. The molecule has 0 bridgehead atoms. The van der Waals surface area contributed by atoms with Gasteiger partial charge in [0.2, 0.25) is 15.9 Å². The van der Waals surface area contributed by atoms with Crippen LogP contribution in [0.4, 0.5) is 4.39 Å². The van der Waals surface area contributed by atoms with E-state index in [1.165, 1.54) is 30.3 Å². The second-order valence-corrected chi connectivity index (χ2v) is 10.8. The van der Waals surface area contributed by atoms with E-state index in [0.29, 0.717) is 5.56 Å². The van der Waals surface area contributed by atoms with Crippen molar-refractivity contribution in [1.29, 1.82) is 0 Å². The molecular weight excluding hydrogens is 419 g/mol. The molecule has 29 heavy (non-hydrogen) atoms. The number of carbonyl (C=O) groups is 1. The molecule has 2 aromatic carbocycles. The Morgan fingerprint density at radius 2 is 1.62 bits per heavy atom. The summed E-state index contributed by atoms with van der Waals surface area (Å²) in [5.74, 6) is -1.12. The predicted octanol–water partition coefficient (Wildman–Crippen LogP) is 1.87. The van der Waals surface area contributed by atoms with Gasteiger partial charge in [-0.05, 0) is 30.7 Å². The van der Waals surface area contributed by atoms with Gasteiger partial charge in [-0.25, -0.2) is 21.2 Å². The number of rotatable bonds is 8. The zero-order valence-electron chi connectivity index (χ0n) is 16.3. The first-order valence-electron chi connectivity index (χ1n) is 8.66. The fourth-order valence-electron chi connectivity index (χ4n) is 2.64. The summed E-state index contributed by atoms with van der Waals surface area (Å²) in [6.07, 6.45) is 2.05. The van der Waals surface area contributed by atoms with Crippen molar-refractivity contribution in [2.45, 2.75) is 24.4 Å². The highest BCUT2D eigenvalue weighted by molar-refractivity contribution is 7.90. The average molecular weight is 443 g/mol. The number of halogens is 1. The molecule has 1 amide bonds. The van der Waals surface area contributed by atoms with Gasteiger partial charge in [-0.1, -0.05) is 30.3 Å². The molecular formula is C19H23FN2O5S2. The average Bonchev–Trinajstić information content (AvgIpc) is 2.61. The molecule has 1 N–H and O–H groups in total. The third-order valence-corrected chi connectivity index (χ3v) is 6.60. The van der Waals surface area contributed by atoms with E-state index in [9.17, 15) is 26.0 Å². The molecule has 7 nitrogen and oxygen atoms in total. The first-order chi connectivity index (χ1) is 13.4. The smallest absolute Gasteiger partial charge is 0.235 e. The maximum atomic E-state index is 13.9. The zero-order chi connectivity index (χ0) is 21.8. The lowest BCUT2D eigenvalue weighted by Gasteiger charge is -2.21. The highest BCUT2D eigenvalue weighted by Crippen LogP contribution is 2.17. The van der Waals surface area contributed by atoms with Crippen LogP contribution in [0.5, 0.6) is 0 Å². The topological polar surface area (TPSA) is 101 Å². The second kappa shape index (κ2) is 9.02. The summed E-state index contributed by atoms with van der Waals surface area (Å²) in [5, 5.41) is 2.67. The molecule has 0 unspecified atom stereocenters. The Labute approximate surface area is 170 Å². The standard InChI is InChI=1S/C19H23FN2O5S2/c1-14(15-8-10-17(11-9-15)28(2,24)25)21-19(23)13-22(29(3,26)27)12-16-6-4-5-7-18(16)20/h4-11,14H,12-13H2,1-3H3,(H,21,23)/t14-/m0/s1. The summed E-state index contributed by atoms with van der Waals surface area (Å²) in [5.41, 5.74) is 0.820. The molecule has 0 aliphatic carbocycles. The highest BCUT2D eigenvalue weighted by Gasteiger charge is 2.23. The van der Waals surface area contributed by atoms with Gasteiger partial charge in [0.05, 0.1) is 23.7 Å². The van der Waals surface area contributed by atoms with E-state index in [2.05, 4.69) is 5.32 Å². The number of nitrogens with zero attached hydrogens (tertiary/aromatic N) is 1. The first kappa shape index (κ1) is 23.0. The Kier molecular flexibility index (Phi) is 7.15. The third kappa shape index (κ3) is 6.62. The summed E-state index contributed by atoms with van der Waals surface area (Å²) in [7, 11) is -7.08. The Balaban J connectivity index is 2.09. The lowest BCUT2D eigenvalue weighted by molar-refractivity contribution is -0.122. The van der Waals surface area contributed by atoms with Gasteiger partial charge >= 0.3 is 0 Å². The molecule has 2 rings (SSSR count). The van der Waals surface area contributed by atoms with E-state index in [1.54, 1.807) is 25.1 Å². The number of hydrogen-bond donors (Lipinski definition) is 1. The lowest BCUT2D eigenvalue weighted by Crippen LogP contribution is -2.40. The fraction of sp³-hybridized carbons (Fsp3) is 0.316. The minimum absolute atomic E-state index is 0.160. The number of sulfone groups is 1. The van der Waals surface area contributed by atoms with Gasteiger partial charge in [-0.2, -0.15) is 4.31 Å². The summed E-state index contributed by atoms with van der Waals surface area (Å²) < 4.78 is 61.9. The molecule has 158 valence electrons. The molecule has 0 aromatic heterocycles. The first-order valence-corrected chi connectivity index (χ1v) is 12.4. The zero-order valence-corrected chi connectivity index (χ0v) is 17.9. The minimum Gasteiger partial charge on any atom is -0.348 e. The van der Waals surface area contributed by atoms with Crippen LogP contribution in [0.2, 0.25) is 0 Å². The lowest BCUT2D eigenvalue weighted by atomic mass is 10.1. The summed E-state index contributed by atoms with van der Waals surface area (Å²) in [6, 6.07) is 11.3. The Bertz CT molecular complexity index is 1080. The van der Waals surface area contributed by atoms with Gasteiger partial charge in [0, 0.05) is 18.4 Å². The summed E-state index contributed by atoms with van der Waals surface area (Å²) in [6.45, 7) is 0.949. The van der Waals surface area contributed by atoms with Crippen molar-refractivity contribution < 1.29 is 26.0 Å². The third-order valence-electron chi connectivity index (χ3n) is 4.28. The fourth-order valence-corrected chi connectivity index (χ4v) is 4.00. The monoisotopic (exact) mass is 442 g/mol. The van der Waals surface area contributed by atoms with Crippen LogP contribution in [0.3, 0.4) is 0 Å². The second-order valence-electron chi connectivity index (χ2n) is 6.75. The van der Waals surface area contributed by atoms with E-state index in [-0.39, 0.29) is 17.0 Å². The van der Waals surface area contributed by atoms with E-state index in [1.807, 2.05) is 0 Å². The molecule has 0 aliphatic heterocycles. The van der Waals surface area contributed by atoms with Crippen LogP contribution in [-0.2, 0) is 31.2 Å². The number of hydrogen-bond acceptors (Lipinski definition) is 5. The molecule has 0 radical (unpaired) electrons. The van der Waals surface area contributed by atoms with Gasteiger partial charge < -0.3 is 5.32 Å². The maximum Gasteiger partial charge on any atom is 0.235 e. The molecule has 0 fully saturated rings. The normalized spacial score (nSPS) is 13.3. The van der Waals surface area contributed by atoms with Crippen molar-refractivity contribution in [2.75, 3.05) is 19.1 Å². The number of carbonyl (C=O) groups excluding carboxylic acids is 1. The van der Waals surface area contributed by atoms with Crippen LogP contribution in [0.25, 0.3) is 0 Å². The molecule has 0 saturated heterocycles. The highest BCUT2D eigenvalue weighted by atomic mass is 32.2. The molecule has 0 spiro atoms. The SMILES string of the molecule is C[C@H](NC(=O)CN(Cc1ccccc1F)S(C)(=O)=O)c1ccc(S(C)(=O)=O)cc1. The largest absolute Gasteiger partial charge is 0.348 e. The van der Waals surface area contributed by atoms with E-state index in [4.69, 9.17) is 0 Å². The summed E-state index contributed by atoms with van der Waals surface area (Å²) in [4.78, 5) is 12.5. The van der Waals surface area contributed by atoms with Crippen molar-refractivity contribution in [2.24, 2.45) is 0 Å². The van der Waals surface area contributed by atoms with Crippen LogP contribution < -0.4 is 5.32 Å². The predicted molar refractivity (Wildman–Crippen MR) is 108 cm³/mol. The van der Waals surface area contributed by atoms with Gasteiger partial charge in [-0.15, -0.1) is 0 Å². The van der Waals surface area contributed by atoms with Crippen LogP contribution in [0.15, 0.2) is 53.4 Å². The minimum atomic E-state index is -3.76. The number of nitrogens with one attached hydrogen (secondary N) is 1. The maximum absolute atomic E-state index is 13.9. The number of amides is 1. The molecule has 0 aliphatic rings. The van der Waals surface area contributed by atoms with Gasteiger partial charge in [-0.3, -0.25) is 4.79 Å². The van der Waals surface area contributed by atoms with Crippen LogP contribution in [0, 0.1) is 5.82 Å².